The monoisotopic (exact) mass is 310 g/mol. The molecule has 7 heteroatoms. The first-order chi connectivity index (χ1) is 10.5. The smallest absolute Gasteiger partial charge is 0.312 e. The zero-order valence-corrected chi connectivity index (χ0v) is 12.6. The van der Waals surface area contributed by atoms with E-state index in [1.165, 1.54) is 21.3 Å². The topological polar surface area (TPSA) is 91.3 Å². The van der Waals surface area contributed by atoms with E-state index in [-0.39, 0.29) is 6.61 Å². The van der Waals surface area contributed by atoms with Crippen molar-refractivity contribution in [1.29, 1.82) is 0 Å². The van der Waals surface area contributed by atoms with Gasteiger partial charge in [-0.1, -0.05) is 6.07 Å². The molecular weight excluding hydrogens is 292 g/mol. The Hall–Kier alpha value is -2.28. The number of rotatable bonds is 5. The number of carbonyl (C=O) groups is 2. The summed E-state index contributed by atoms with van der Waals surface area (Å²) in [4.78, 5) is 23.3. The van der Waals surface area contributed by atoms with E-state index in [2.05, 4.69) is 0 Å². The Morgan fingerprint density at radius 3 is 2.41 bits per heavy atom. The number of ether oxygens (including phenoxy) is 4. The highest BCUT2D eigenvalue weighted by Gasteiger charge is 2.47. The minimum Gasteiger partial charge on any atom is -0.493 e. The first-order valence-electron chi connectivity index (χ1n) is 6.67. The molecule has 1 fully saturated rings. The van der Waals surface area contributed by atoms with E-state index in [1.807, 2.05) is 0 Å². The summed E-state index contributed by atoms with van der Waals surface area (Å²) < 4.78 is 20.6. The minimum absolute atomic E-state index is 0.0475. The molecule has 0 amide bonds. The predicted molar refractivity (Wildman–Crippen MR) is 74.9 cm³/mol. The van der Waals surface area contributed by atoms with E-state index < -0.39 is 29.9 Å². The van der Waals surface area contributed by atoms with Crippen LogP contribution in [0.2, 0.25) is 0 Å². The molecule has 1 heterocycles. The fraction of sp³-hybridized carbons (Fsp3) is 0.467. The van der Waals surface area contributed by atoms with Gasteiger partial charge in [-0.05, 0) is 17.7 Å². The number of hydrogen-bond acceptors (Lipinski definition) is 6. The van der Waals surface area contributed by atoms with E-state index in [4.69, 9.17) is 18.9 Å². The fourth-order valence-corrected chi connectivity index (χ4v) is 2.61. The quantitative estimate of drug-likeness (QED) is 0.819. The first kappa shape index (κ1) is 16.1. The number of esters is 1. The molecule has 0 aliphatic carbocycles. The van der Waals surface area contributed by atoms with Crippen molar-refractivity contribution in [3.63, 3.8) is 0 Å². The Bertz CT molecular complexity index is 569. The maximum Gasteiger partial charge on any atom is 0.312 e. The zero-order chi connectivity index (χ0) is 16.3. The van der Waals surface area contributed by atoms with Crippen LogP contribution in [0.5, 0.6) is 11.5 Å². The van der Waals surface area contributed by atoms with Gasteiger partial charge in [0.25, 0.3) is 0 Å². The summed E-state index contributed by atoms with van der Waals surface area (Å²) in [5.74, 6) is -2.52. The zero-order valence-electron chi connectivity index (χ0n) is 12.6. The van der Waals surface area contributed by atoms with Crippen molar-refractivity contribution in [2.45, 2.75) is 6.10 Å². The summed E-state index contributed by atoms with van der Waals surface area (Å²) in [6.45, 7) is -0.0475. The van der Waals surface area contributed by atoms with Gasteiger partial charge in [-0.3, -0.25) is 9.59 Å². The van der Waals surface area contributed by atoms with Crippen LogP contribution in [0.15, 0.2) is 18.2 Å². The molecule has 22 heavy (non-hydrogen) atoms. The third-order valence-electron chi connectivity index (χ3n) is 3.74. The lowest BCUT2D eigenvalue weighted by atomic mass is 9.87. The van der Waals surface area contributed by atoms with Crippen molar-refractivity contribution in [3.05, 3.63) is 23.8 Å². The van der Waals surface area contributed by atoms with Gasteiger partial charge < -0.3 is 24.1 Å². The molecule has 1 N–H and O–H groups in total. The van der Waals surface area contributed by atoms with Crippen LogP contribution in [-0.4, -0.2) is 45.0 Å². The number of methoxy groups -OCH3 is 3. The summed E-state index contributed by atoms with van der Waals surface area (Å²) >= 11 is 0. The van der Waals surface area contributed by atoms with Crippen LogP contribution in [0.4, 0.5) is 0 Å². The fourth-order valence-electron chi connectivity index (χ4n) is 2.61. The van der Waals surface area contributed by atoms with Crippen LogP contribution in [0.3, 0.4) is 0 Å². The van der Waals surface area contributed by atoms with E-state index in [0.29, 0.717) is 17.1 Å². The summed E-state index contributed by atoms with van der Waals surface area (Å²) in [5.41, 5.74) is 0.636. The Morgan fingerprint density at radius 1 is 1.18 bits per heavy atom. The number of hydrogen-bond donors (Lipinski definition) is 1. The van der Waals surface area contributed by atoms with Gasteiger partial charge >= 0.3 is 11.9 Å². The van der Waals surface area contributed by atoms with E-state index in [0.717, 1.165) is 0 Å². The molecule has 1 aromatic carbocycles. The second kappa shape index (κ2) is 6.65. The molecule has 1 saturated heterocycles. The molecule has 0 bridgehead atoms. The standard InChI is InChI=1S/C15H18O7/c1-19-10-5-4-8(6-11(10)20-2)13-12(15(18)21-3)9(7-22-13)14(16)17/h4-6,9,12-13H,7H2,1-3H3,(H,16,17)/t9-,12+,13+/m0/s1. The van der Waals surface area contributed by atoms with Gasteiger partial charge in [0.05, 0.1) is 40.0 Å². The van der Waals surface area contributed by atoms with Crippen molar-refractivity contribution in [3.8, 4) is 11.5 Å². The van der Waals surface area contributed by atoms with Crippen molar-refractivity contribution >= 4 is 11.9 Å². The van der Waals surface area contributed by atoms with Crippen molar-refractivity contribution in [2.75, 3.05) is 27.9 Å². The molecule has 0 spiro atoms. The highest BCUT2D eigenvalue weighted by molar-refractivity contribution is 5.82. The third kappa shape index (κ3) is 2.85. The van der Waals surface area contributed by atoms with Crippen LogP contribution in [-0.2, 0) is 19.1 Å². The van der Waals surface area contributed by atoms with Crippen LogP contribution in [0, 0.1) is 11.8 Å². The molecule has 3 atom stereocenters. The SMILES string of the molecule is COC(=O)[C@@H]1[C@@H](C(=O)O)CO[C@@H]1c1ccc(OC)c(OC)c1. The van der Waals surface area contributed by atoms with E-state index in [9.17, 15) is 14.7 Å². The van der Waals surface area contributed by atoms with Gasteiger partial charge in [-0.25, -0.2) is 0 Å². The molecule has 7 nitrogen and oxygen atoms in total. The number of benzene rings is 1. The van der Waals surface area contributed by atoms with Gasteiger partial charge in [0.1, 0.15) is 5.92 Å². The highest BCUT2D eigenvalue weighted by Crippen LogP contribution is 2.41. The van der Waals surface area contributed by atoms with Gasteiger partial charge in [0.15, 0.2) is 11.5 Å². The Labute approximate surface area is 127 Å². The van der Waals surface area contributed by atoms with Crippen molar-refractivity contribution in [1.82, 2.24) is 0 Å². The largest absolute Gasteiger partial charge is 0.493 e. The minimum atomic E-state index is -1.08. The summed E-state index contributed by atoms with van der Waals surface area (Å²) in [5, 5.41) is 9.24. The van der Waals surface area contributed by atoms with Crippen LogP contribution < -0.4 is 9.47 Å². The summed E-state index contributed by atoms with van der Waals surface area (Å²) in [6.07, 6.45) is -0.701. The number of carboxylic acid groups (broad SMARTS) is 1. The summed E-state index contributed by atoms with van der Waals surface area (Å²) in [6, 6.07) is 5.07. The van der Waals surface area contributed by atoms with E-state index >= 15 is 0 Å². The Balaban J connectivity index is 2.38. The predicted octanol–water partition coefficient (Wildman–Crippen LogP) is 1.27. The maximum absolute atomic E-state index is 12.0. The molecule has 1 aliphatic rings. The maximum atomic E-state index is 12.0. The van der Waals surface area contributed by atoms with Gasteiger partial charge in [-0.2, -0.15) is 0 Å². The van der Waals surface area contributed by atoms with Gasteiger partial charge in [-0.15, -0.1) is 0 Å². The van der Waals surface area contributed by atoms with Crippen LogP contribution in [0.1, 0.15) is 11.7 Å². The summed E-state index contributed by atoms with van der Waals surface area (Å²) in [7, 11) is 4.24. The molecule has 1 aromatic rings. The highest BCUT2D eigenvalue weighted by atomic mass is 16.5. The molecule has 0 unspecified atom stereocenters. The molecule has 2 rings (SSSR count). The average Bonchev–Trinajstić information content (AvgIpc) is 2.98. The second-order valence-electron chi connectivity index (χ2n) is 4.86. The molecule has 120 valence electrons. The van der Waals surface area contributed by atoms with Gasteiger partial charge in [0.2, 0.25) is 0 Å². The number of aliphatic carboxylic acids is 1. The van der Waals surface area contributed by atoms with Crippen LogP contribution >= 0.6 is 0 Å². The van der Waals surface area contributed by atoms with Gasteiger partial charge in [0, 0.05) is 0 Å². The van der Waals surface area contributed by atoms with Crippen molar-refractivity contribution < 1.29 is 33.6 Å². The van der Waals surface area contributed by atoms with Crippen molar-refractivity contribution in [2.24, 2.45) is 11.8 Å². The molecule has 0 aromatic heterocycles. The number of carboxylic acids is 1. The Morgan fingerprint density at radius 2 is 1.86 bits per heavy atom. The molecule has 0 radical (unpaired) electrons. The lowest BCUT2D eigenvalue weighted by molar-refractivity contribution is -0.154. The lowest BCUT2D eigenvalue weighted by Crippen LogP contribution is -2.30. The molecular formula is C15H18O7. The molecule has 0 saturated carbocycles. The third-order valence-corrected chi connectivity index (χ3v) is 3.74. The number of carbonyl (C=O) groups excluding carboxylic acids is 1. The molecule has 1 aliphatic heterocycles. The Kier molecular flexibility index (Phi) is 4.87. The lowest BCUT2D eigenvalue weighted by Gasteiger charge is -2.20. The average molecular weight is 310 g/mol. The normalized spacial score (nSPS) is 23.9. The first-order valence-corrected chi connectivity index (χ1v) is 6.67. The second-order valence-corrected chi connectivity index (χ2v) is 4.86. The van der Waals surface area contributed by atoms with Crippen LogP contribution in [0.25, 0.3) is 0 Å². The van der Waals surface area contributed by atoms with E-state index in [1.54, 1.807) is 18.2 Å².